The molecule has 0 bridgehead atoms. The molecule has 1 aliphatic carbocycles. The number of hydrogen-bond acceptors (Lipinski definition) is 4. The predicted molar refractivity (Wildman–Crippen MR) is 83.4 cm³/mol. The highest BCUT2D eigenvalue weighted by molar-refractivity contribution is 6.35. The van der Waals surface area contributed by atoms with E-state index in [1.807, 2.05) is 6.07 Å². The summed E-state index contributed by atoms with van der Waals surface area (Å²) in [5, 5.41) is 8.78. The number of pyridine rings is 1. The molecule has 0 radical (unpaired) electrons. The van der Waals surface area contributed by atoms with Crippen molar-refractivity contribution < 1.29 is 9.18 Å². The van der Waals surface area contributed by atoms with Gasteiger partial charge in [-0.15, -0.1) is 0 Å². The highest BCUT2D eigenvalue weighted by Crippen LogP contribution is 2.41. The minimum absolute atomic E-state index is 0.0189. The number of carbonyl (C=O) groups is 1. The molecule has 116 valence electrons. The maximum absolute atomic E-state index is 14.8. The van der Waals surface area contributed by atoms with Crippen molar-refractivity contribution in [1.29, 1.82) is 5.26 Å². The van der Waals surface area contributed by atoms with E-state index in [4.69, 9.17) is 22.6 Å². The summed E-state index contributed by atoms with van der Waals surface area (Å²) in [5.41, 5.74) is 6.47. The fourth-order valence-electron chi connectivity index (χ4n) is 2.47. The number of hydrogen-bond donors (Lipinski definition) is 1. The van der Waals surface area contributed by atoms with E-state index in [-0.39, 0.29) is 22.2 Å². The molecule has 23 heavy (non-hydrogen) atoms. The smallest absolute Gasteiger partial charge is 0.215 e. The first-order valence-electron chi connectivity index (χ1n) is 7.17. The zero-order chi connectivity index (χ0) is 16.6. The number of nitriles is 1. The van der Waals surface area contributed by atoms with Crippen molar-refractivity contribution in [3.63, 3.8) is 0 Å². The van der Waals surface area contributed by atoms with E-state index < -0.39 is 17.6 Å². The lowest BCUT2D eigenvalue weighted by Gasteiger charge is -2.15. The quantitative estimate of drug-likeness (QED) is 0.872. The van der Waals surface area contributed by atoms with Gasteiger partial charge in [0.15, 0.2) is 0 Å². The summed E-state index contributed by atoms with van der Waals surface area (Å²) in [7, 11) is 0. The van der Waals surface area contributed by atoms with Gasteiger partial charge in [-0.3, -0.25) is 9.78 Å². The number of benzene rings is 1. The van der Waals surface area contributed by atoms with Crippen molar-refractivity contribution in [2.24, 2.45) is 11.7 Å². The summed E-state index contributed by atoms with van der Waals surface area (Å²) >= 11 is 6.02. The van der Waals surface area contributed by atoms with Crippen LogP contribution in [-0.4, -0.2) is 10.8 Å². The summed E-state index contributed by atoms with van der Waals surface area (Å²) in [6.45, 7) is 0. The van der Waals surface area contributed by atoms with Crippen molar-refractivity contribution in [3.8, 4) is 6.07 Å². The maximum atomic E-state index is 14.8. The Morgan fingerprint density at radius 2 is 2.13 bits per heavy atom. The van der Waals surface area contributed by atoms with Gasteiger partial charge in [0.2, 0.25) is 5.78 Å². The second kappa shape index (κ2) is 6.07. The molecule has 6 heteroatoms. The predicted octanol–water partition coefficient (Wildman–Crippen LogP) is 3.39. The van der Waals surface area contributed by atoms with E-state index >= 15 is 0 Å². The van der Waals surface area contributed by atoms with Crippen LogP contribution in [0.15, 0.2) is 30.5 Å². The second-order valence-electron chi connectivity index (χ2n) is 5.56. The minimum Gasteiger partial charge on any atom is -0.324 e. The molecule has 2 aromatic rings. The topological polar surface area (TPSA) is 79.8 Å². The first kappa shape index (κ1) is 15.6. The molecule has 0 spiro atoms. The van der Waals surface area contributed by atoms with Gasteiger partial charge in [-0.1, -0.05) is 17.7 Å². The molecule has 1 heterocycles. The summed E-state index contributed by atoms with van der Waals surface area (Å²) in [6, 6.07) is 7.32. The fourth-order valence-corrected chi connectivity index (χ4v) is 2.70. The average Bonchev–Trinajstić information content (AvgIpc) is 3.39. The van der Waals surface area contributed by atoms with Crippen molar-refractivity contribution >= 4 is 17.4 Å². The molecule has 0 saturated heterocycles. The third-order valence-electron chi connectivity index (χ3n) is 3.96. The first-order chi connectivity index (χ1) is 11.0. The fraction of sp³-hybridized carbons (Fsp3) is 0.235. The zero-order valence-corrected chi connectivity index (χ0v) is 12.8. The average molecular weight is 330 g/mol. The van der Waals surface area contributed by atoms with Gasteiger partial charge in [0.25, 0.3) is 0 Å². The molecule has 1 aliphatic rings. The Kier molecular flexibility index (Phi) is 4.12. The monoisotopic (exact) mass is 329 g/mol. The number of ketones is 1. The SMILES string of the molecule is N#Cc1ccc(C(=O)c2c(Cl)ccc(C(N)C3CC3)c2F)nc1. The molecule has 4 nitrogen and oxygen atoms in total. The molecule has 2 N–H and O–H groups in total. The normalized spacial score (nSPS) is 15.0. The van der Waals surface area contributed by atoms with Crippen molar-refractivity contribution in [1.82, 2.24) is 4.98 Å². The van der Waals surface area contributed by atoms with Crippen LogP contribution in [-0.2, 0) is 0 Å². The molecule has 1 saturated carbocycles. The van der Waals surface area contributed by atoms with E-state index in [0.717, 1.165) is 12.8 Å². The maximum Gasteiger partial charge on any atom is 0.215 e. The molecule has 0 aliphatic heterocycles. The van der Waals surface area contributed by atoms with Gasteiger partial charge < -0.3 is 5.73 Å². The highest BCUT2D eigenvalue weighted by atomic mass is 35.5. The van der Waals surface area contributed by atoms with E-state index in [9.17, 15) is 9.18 Å². The van der Waals surface area contributed by atoms with Crippen molar-refractivity contribution in [3.05, 3.63) is 63.7 Å². The molecule has 1 aromatic heterocycles. The summed E-state index contributed by atoms with van der Waals surface area (Å²) in [6.07, 6.45) is 3.19. The van der Waals surface area contributed by atoms with Crippen molar-refractivity contribution in [2.75, 3.05) is 0 Å². The molecule has 3 rings (SSSR count). The van der Waals surface area contributed by atoms with E-state index in [2.05, 4.69) is 4.98 Å². The lowest BCUT2D eigenvalue weighted by atomic mass is 9.97. The van der Waals surface area contributed by atoms with Gasteiger partial charge in [0, 0.05) is 17.8 Å². The third kappa shape index (κ3) is 2.96. The van der Waals surface area contributed by atoms with E-state index in [0.29, 0.717) is 11.1 Å². The van der Waals surface area contributed by atoms with Gasteiger partial charge in [0.05, 0.1) is 16.1 Å². The van der Waals surface area contributed by atoms with Crippen LogP contribution in [0.3, 0.4) is 0 Å². The molecule has 1 atom stereocenters. The van der Waals surface area contributed by atoms with Gasteiger partial charge in [0.1, 0.15) is 17.6 Å². The number of nitrogens with two attached hydrogens (primary N) is 1. The van der Waals surface area contributed by atoms with Crippen LogP contribution >= 0.6 is 11.6 Å². The standard InChI is InChI=1S/C17H13ClFN3O/c18-12-5-4-11(16(21)10-2-3-10)15(19)14(12)17(23)13-6-1-9(7-20)8-22-13/h1,4-6,8,10,16H,2-3,21H2. The van der Waals surface area contributed by atoms with Gasteiger partial charge in [-0.05, 0) is 37.0 Å². The van der Waals surface area contributed by atoms with Crippen LogP contribution in [0.2, 0.25) is 5.02 Å². The number of halogens is 2. The molecule has 1 fully saturated rings. The number of nitrogens with zero attached hydrogens (tertiary/aromatic N) is 2. The highest BCUT2D eigenvalue weighted by Gasteiger charge is 2.33. The van der Waals surface area contributed by atoms with Gasteiger partial charge in [-0.25, -0.2) is 4.39 Å². The molecule has 1 unspecified atom stereocenters. The van der Waals surface area contributed by atoms with Crippen LogP contribution in [0.25, 0.3) is 0 Å². The largest absolute Gasteiger partial charge is 0.324 e. The Labute approximate surface area is 137 Å². The Morgan fingerprint density at radius 1 is 1.39 bits per heavy atom. The van der Waals surface area contributed by atoms with E-state index in [1.165, 1.54) is 30.5 Å². The molecular weight excluding hydrogens is 317 g/mol. The molecular formula is C17H13ClFN3O. The van der Waals surface area contributed by atoms with Crippen LogP contribution in [0.4, 0.5) is 4.39 Å². The van der Waals surface area contributed by atoms with Crippen molar-refractivity contribution in [2.45, 2.75) is 18.9 Å². The van der Waals surface area contributed by atoms with Gasteiger partial charge in [-0.2, -0.15) is 5.26 Å². The Hall–Kier alpha value is -2.29. The summed E-state index contributed by atoms with van der Waals surface area (Å²) in [5.74, 6) is -1.06. The minimum atomic E-state index is -0.687. The van der Waals surface area contributed by atoms with Crippen LogP contribution in [0, 0.1) is 23.1 Å². The number of carbonyl (C=O) groups excluding carboxylic acids is 1. The molecule has 1 aromatic carbocycles. The lowest BCUT2D eigenvalue weighted by molar-refractivity contribution is 0.103. The summed E-state index contributed by atoms with van der Waals surface area (Å²) < 4.78 is 14.8. The number of rotatable bonds is 4. The van der Waals surface area contributed by atoms with Crippen LogP contribution in [0.1, 0.15) is 46.1 Å². The second-order valence-corrected chi connectivity index (χ2v) is 5.97. The van der Waals surface area contributed by atoms with Crippen LogP contribution in [0.5, 0.6) is 0 Å². The van der Waals surface area contributed by atoms with Gasteiger partial charge >= 0.3 is 0 Å². The Bertz CT molecular complexity index is 810. The summed E-state index contributed by atoms with van der Waals surface area (Å²) in [4.78, 5) is 16.4. The first-order valence-corrected chi connectivity index (χ1v) is 7.55. The van der Waals surface area contributed by atoms with E-state index in [1.54, 1.807) is 0 Å². The third-order valence-corrected chi connectivity index (χ3v) is 4.28. The van der Waals surface area contributed by atoms with Crippen LogP contribution < -0.4 is 5.73 Å². The Balaban J connectivity index is 2.02. The zero-order valence-electron chi connectivity index (χ0n) is 12.1. The molecule has 0 amide bonds. The Morgan fingerprint density at radius 3 is 2.70 bits per heavy atom. The lowest BCUT2D eigenvalue weighted by Crippen LogP contribution is -2.17. The number of aromatic nitrogens is 1.